The van der Waals surface area contributed by atoms with Crippen LogP contribution in [-0.4, -0.2) is 19.2 Å². The van der Waals surface area contributed by atoms with Crippen LogP contribution in [0.15, 0.2) is 18.2 Å². The number of halogens is 2. The van der Waals surface area contributed by atoms with E-state index in [9.17, 15) is 0 Å². The van der Waals surface area contributed by atoms with E-state index in [0.717, 1.165) is 18.7 Å². The molecule has 15 heavy (non-hydrogen) atoms. The first kappa shape index (κ1) is 11.2. The topological polar surface area (TPSA) is 21.3 Å². The molecule has 0 radical (unpaired) electrons. The van der Waals surface area contributed by atoms with Crippen LogP contribution in [0, 0.1) is 0 Å². The van der Waals surface area contributed by atoms with Crippen LogP contribution in [0.2, 0.25) is 10.0 Å². The van der Waals surface area contributed by atoms with Gasteiger partial charge in [-0.2, -0.15) is 0 Å². The Morgan fingerprint density at radius 1 is 1.33 bits per heavy atom. The zero-order valence-electron chi connectivity index (χ0n) is 8.47. The zero-order valence-corrected chi connectivity index (χ0v) is 9.98. The predicted octanol–water partition coefficient (Wildman–Crippen LogP) is 3.04. The quantitative estimate of drug-likeness (QED) is 0.822. The van der Waals surface area contributed by atoms with Gasteiger partial charge >= 0.3 is 0 Å². The molecule has 1 heterocycles. The van der Waals surface area contributed by atoms with Crippen LogP contribution in [0.5, 0.6) is 0 Å². The second-order valence-electron chi connectivity index (χ2n) is 3.76. The van der Waals surface area contributed by atoms with E-state index in [1.54, 1.807) is 6.07 Å². The fraction of sp³-hybridized carbons (Fsp3) is 0.455. The SMILES string of the molecule is CC1CNCC(c2cc(Cl)ccc2Cl)O1. The minimum Gasteiger partial charge on any atom is -0.368 e. The summed E-state index contributed by atoms with van der Waals surface area (Å²) in [7, 11) is 0. The standard InChI is InChI=1S/C11H13Cl2NO/c1-7-5-14-6-11(15-7)9-4-8(12)2-3-10(9)13/h2-4,7,11,14H,5-6H2,1H3. The molecule has 82 valence electrons. The van der Waals surface area contributed by atoms with Crippen LogP contribution in [0.4, 0.5) is 0 Å². The second kappa shape index (κ2) is 4.71. The first-order chi connectivity index (χ1) is 7.16. The number of rotatable bonds is 1. The van der Waals surface area contributed by atoms with Crippen molar-refractivity contribution in [2.24, 2.45) is 0 Å². The molecule has 0 bridgehead atoms. The van der Waals surface area contributed by atoms with Crippen molar-refractivity contribution in [3.63, 3.8) is 0 Å². The van der Waals surface area contributed by atoms with Crippen molar-refractivity contribution in [1.82, 2.24) is 5.32 Å². The Bertz CT molecular complexity index is 356. The predicted molar refractivity (Wildman–Crippen MR) is 62.6 cm³/mol. The molecule has 0 spiro atoms. The summed E-state index contributed by atoms with van der Waals surface area (Å²) >= 11 is 12.0. The van der Waals surface area contributed by atoms with Gasteiger partial charge in [-0.15, -0.1) is 0 Å². The Morgan fingerprint density at radius 2 is 2.13 bits per heavy atom. The van der Waals surface area contributed by atoms with Crippen LogP contribution in [-0.2, 0) is 4.74 Å². The molecule has 1 aliphatic rings. The Kier molecular flexibility index (Phi) is 3.52. The number of hydrogen-bond acceptors (Lipinski definition) is 2. The molecule has 0 saturated carbocycles. The van der Waals surface area contributed by atoms with Crippen LogP contribution in [0.1, 0.15) is 18.6 Å². The Balaban J connectivity index is 2.24. The lowest BCUT2D eigenvalue weighted by molar-refractivity contribution is -0.0286. The van der Waals surface area contributed by atoms with Gasteiger partial charge in [0.25, 0.3) is 0 Å². The van der Waals surface area contributed by atoms with Crippen molar-refractivity contribution in [3.8, 4) is 0 Å². The van der Waals surface area contributed by atoms with Gasteiger partial charge in [0.2, 0.25) is 0 Å². The third-order valence-corrected chi connectivity index (χ3v) is 3.04. The highest BCUT2D eigenvalue weighted by atomic mass is 35.5. The van der Waals surface area contributed by atoms with E-state index in [2.05, 4.69) is 5.32 Å². The normalized spacial score (nSPS) is 26.6. The molecule has 0 aromatic heterocycles. The molecule has 0 amide bonds. The Hall–Kier alpha value is -0.280. The highest BCUT2D eigenvalue weighted by Crippen LogP contribution is 2.30. The third kappa shape index (κ3) is 2.64. The summed E-state index contributed by atoms with van der Waals surface area (Å²) in [5.74, 6) is 0. The first-order valence-electron chi connectivity index (χ1n) is 4.98. The number of morpholine rings is 1. The zero-order chi connectivity index (χ0) is 10.8. The van der Waals surface area contributed by atoms with E-state index < -0.39 is 0 Å². The molecule has 2 atom stereocenters. The maximum absolute atomic E-state index is 6.11. The maximum atomic E-state index is 6.11. The molecule has 0 aliphatic carbocycles. The first-order valence-corrected chi connectivity index (χ1v) is 5.73. The fourth-order valence-electron chi connectivity index (χ4n) is 1.74. The van der Waals surface area contributed by atoms with Crippen molar-refractivity contribution in [2.45, 2.75) is 19.1 Å². The molecule has 2 nitrogen and oxygen atoms in total. The minimum atomic E-state index is -0.0000463. The lowest BCUT2D eigenvalue weighted by atomic mass is 10.1. The van der Waals surface area contributed by atoms with Crippen LogP contribution >= 0.6 is 23.2 Å². The summed E-state index contributed by atoms with van der Waals surface area (Å²) in [6.45, 7) is 3.71. The number of benzene rings is 1. The van der Waals surface area contributed by atoms with Crippen molar-refractivity contribution in [3.05, 3.63) is 33.8 Å². The van der Waals surface area contributed by atoms with Gasteiger partial charge < -0.3 is 10.1 Å². The molecular weight excluding hydrogens is 233 g/mol. The molecule has 2 rings (SSSR count). The molecule has 1 aliphatic heterocycles. The van der Waals surface area contributed by atoms with Crippen LogP contribution < -0.4 is 5.32 Å². The summed E-state index contributed by atoms with van der Waals surface area (Å²) in [4.78, 5) is 0. The minimum absolute atomic E-state index is 0.0000463. The van der Waals surface area contributed by atoms with Crippen LogP contribution in [0.25, 0.3) is 0 Å². The highest BCUT2D eigenvalue weighted by Gasteiger charge is 2.22. The van der Waals surface area contributed by atoms with Gasteiger partial charge in [0.05, 0.1) is 12.2 Å². The average molecular weight is 246 g/mol. The fourth-order valence-corrected chi connectivity index (χ4v) is 2.16. The van der Waals surface area contributed by atoms with Crippen molar-refractivity contribution >= 4 is 23.2 Å². The van der Waals surface area contributed by atoms with Gasteiger partial charge in [0.1, 0.15) is 0 Å². The summed E-state index contributed by atoms with van der Waals surface area (Å²) in [6.07, 6.45) is 0.207. The highest BCUT2D eigenvalue weighted by molar-refractivity contribution is 6.33. The van der Waals surface area contributed by atoms with Gasteiger partial charge in [-0.05, 0) is 25.1 Å². The number of nitrogens with one attached hydrogen (secondary N) is 1. The summed E-state index contributed by atoms with van der Waals surface area (Å²) < 4.78 is 5.80. The molecular formula is C11H13Cl2NO. The summed E-state index contributed by atoms with van der Waals surface area (Å²) in [5.41, 5.74) is 0.961. The molecule has 4 heteroatoms. The van der Waals surface area contributed by atoms with E-state index >= 15 is 0 Å². The molecule has 1 N–H and O–H groups in total. The lowest BCUT2D eigenvalue weighted by Gasteiger charge is -2.29. The van der Waals surface area contributed by atoms with E-state index in [1.165, 1.54) is 0 Å². The van der Waals surface area contributed by atoms with Gasteiger partial charge in [-0.25, -0.2) is 0 Å². The van der Waals surface area contributed by atoms with Gasteiger partial charge in [-0.3, -0.25) is 0 Å². The summed E-state index contributed by atoms with van der Waals surface area (Å²) in [6, 6.07) is 5.46. The van der Waals surface area contributed by atoms with Crippen molar-refractivity contribution in [1.29, 1.82) is 0 Å². The van der Waals surface area contributed by atoms with Crippen molar-refractivity contribution in [2.75, 3.05) is 13.1 Å². The van der Waals surface area contributed by atoms with E-state index in [4.69, 9.17) is 27.9 Å². The van der Waals surface area contributed by atoms with Gasteiger partial charge in [0.15, 0.2) is 0 Å². The summed E-state index contributed by atoms with van der Waals surface area (Å²) in [5, 5.41) is 4.70. The van der Waals surface area contributed by atoms with Gasteiger partial charge in [0, 0.05) is 28.7 Å². The molecule has 1 saturated heterocycles. The largest absolute Gasteiger partial charge is 0.368 e. The Morgan fingerprint density at radius 3 is 2.87 bits per heavy atom. The molecule has 1 aromatic carbocycles. The third-order valence-electron chi connectivity index (χ3n) is 2.46. The Labute approximate surface area is 99.5 Å². The molecule has 2 unspecified atom stereocenters. The van der Waals surface area contributed by atoms with E-state index in [-0.39, 0.29) is 12.2 Å². The number of ether oxygens (including phenoxy) is 1. The average Bonchev–Trinajstić information content (AvgIpc) is 2.22. The molecule has 1 aromatic rings. The maximum Gasteiger partial charge on any atom is 0.0968 e. The number of hydrogen-bond donors (Lipinski definition) is 1. The second-order valence-corrected chi connectivity index (χ2v) is 4.60. The van der Waals surface area contributed by atoms with Crippen molar-refractivity contribution < 1.29 is 4.74 Å². The van der Waals surface area contributed by atoms with Gasteiger partial charge in [-0.1, -0.05) is 23.2 Å². The molecule has 1 fully saturated rings. The lowest BCUT2D eigenvalue weighted by Crippen LogP contribution is -2.38. The van der Waals surface area contributed by atoms with E-state index in [1.807, 2.05) is 19.1 Å². The van der Waals surface area contributed by atoms with Crippen LogP contribution in [0.3, 0.4) is 0 Å². The van der Waals surface area contributed by atoms with E-state index in [0.29, 0.717) is 10.0 Å². The monoisotopic (exact) mass is 245 g/mol. The smallest absolute Gasteiger partial charge is 0.0968 e.